The minimum Gasteiger partial charge on any atom is -0.449 e. The van der Waals surface area contributed by atoms with Gasteiger partial charge in [-0.05, 0) is 42.3 Å². The number of ether oxygens (including phenoxy) is 1. The van der Waals surface area contributed by atoms with Crippen molar-refractivity contribution in [1.29, 1.82) is 0 Å². The van der Waals surface area contributed by atoms with Gasteiger partial charge in [0.25, 0.3) is 0 Å². The van der Waals surface area contributed by atoms with Gasteiger partial charge in [-0.3, -0.25) is 9.69 Å². The molecule has 1 aliphatic rings. The maximum atomic E-state index is 13.3. The van der Waals surface area contributed by atoms with Crippen molar-refractivity contribution < 1.29 is 14.3 Å². The number of carbonyl (C=O) groups is 2. The molecule has 1 aliphatic heterocycles. The van der Waals surface area contributed by atoms with Crippen molar-refractivity contribution >= 4 is 29.1 Å². The van der Waals surface area contributed by atoms with Gasteiger partial charge < -0.3 is 15.4 Å². The van der Waals surface area contributed by atoms with E-state index in [4.69, 9.17) is 4.74 Å². The molecule has 2 amide bonds. The van der Waals surface area contributed by atoms with Crippen LogP contribution in [0.3, 0.4) is 0 Å². The Morgan fingerprint density at radius 3 is 2.32 bits per heavy atom. The summed E-state index contributed by atoms with van der Waals surface area (Å²) in [5.74, 6) is -0.237. The van der Waals surface area contributed by atoms with Crippen LogP contribution in [0.1, 0.15) is 12.0 Å². The van der Waals surface area contributed by atoms with Crippen LogP contribution in [0.15, 0.2) is 84.9 Å². The molecule has 31 heavy (non-hydrogen) atoms. The fourth-order valence-electron chi connectivity index (χ4n) is 3.62. The molecule has 1 unspecified atom stereocenters. The van der Waals surface area contributed by atoms with Gasteiger partial charge in [-0.25, -0.2) is 4.79 Å². The van der Waals surface area contributed by atoms with Gasteiger partial charge in [-0.1, -0.05) is 54.6 Å². The minimum absolute atomic E-state index is 0.237. The summed E-state index contributed by atoms with van der Waals surface area (Å²) in [5.41, 5.74) is 3.47. The Hall–Kier alpha value is -3.80. The third-order valence-corrected chi connectivity index (χ3v) is 5.15. The number of hydrogen-bond acceptors (Lipinski definition) is 4. The molecule has 0 radical (unpaired) electrons. The van der Waals surface area contributed by atoms with Gasteiger partial charge in [0.2, 0.25) is 5.91 Å². The number of cyclic esters (lactones) is 1. The van der Waals surface area contributed by atoms with E-state index in [2.05, 4.69) is 10.6 Å². The molecule has 0 saturated carbocycles. The second kappa shape index (κ2) is 9.80. The molecule has 2 N–H and O–H groups in total. The lowest BCUT2D eigenvalue weighted by Gasteiger charge is -2.33. The predicted molar refractivity (Wildman–Crippen MR) is 121 cm³/mol. The molecule has 1 saturated heterocycles. The average molecular weight is 415 g/mol. The zero-order valence-corrected chi connectivity index (χ0v) is 17.2. The van der Waals surface area contributed by atoms with Gasteiger partial charge in [0.05, 0.1) is 6.61 Å². The second-order valence-corrected chi connectivity index (χ2v) is 7.43. The summed E-state index contributed by atoms with van der Waals surface area (Å²) < 4.78 is 5.19. The highest BCUT2D eigenvalue weighted by Gasteiger charge is 2.33. The van der Waals surface area contributed by atoms with Crippen LogP contribution in [0.4, 0.5) is 21.9 Å². The molecule has 0 aliphatic carbocycles. The van der Waals surface area contributed by atoms with E-state index in [1.54, 1.807) is 0 Å². The Balaban J connectivity index is 1.51. The number of carbonyl (C=O) groups excluding carboxylic acids is 2. The Kier molecular flexibility index (Phi) is 6.47. The molecule has 4 rings (SSSR count). The summed E-state index contributed by atoms with van der Waals surface area (Å²) in [6.45, 7) is 0.890. The van der Waals surface area contributed by atoms with E-state index in [0.717, 1.165) is 16.9 Å². The van der Waals surface area contributed by atoms with Crippen molar-refractivity contribution in [3.8, 4) is 0 Å². The minimum atomic E-state index is -0.652. The highest BCUT2D eigenvalue weighted by Crippen LogP contribution is 2.21. The van der Waals surface area contributed by atoms with Gasteiger partial charge in [0.15, 0.2) is 0 Å². The third-order valence-electron chi connectivity index (χ3n) is 5.15. The maximum Gasteiger partial charge on any atom is 0.410 e. The van der Waals surface area contributed by atoms with E-state index in [1.165, 1.54) is 4.90 Å². The van der Waals surface area contributed by atoms with Gasteiger partial charge in [-0.2, -0.15) is 0 Å². The molecule has 1 fully saturated rings. The fourth-order valence-corrected chi connectivity index (χ4v) is 3.62. The lowest BCUT2D eigenvalue weighted by Crippen LogP contribution is -2.51. The Morgan fingerprint density at radius 1 is 0.903 bits per heavy atom. The predicted octanol–water partition coefficient (Wildman–Crippen LogP) is 4.82. The quantitative estimate of drug-likeness (QED) is 0.580. The lowest BCUT2D eigenvalue weighted by atomic mass is 10.0. The zero-order chi connectivity index (χ0) is 21.5. The first-order valence-electron chi connectivity index (χ1n) is 10.4. The molecule has 6 nitrogen and oxygen atoms in total. The summed E-state index contributed by atoms with van der Waals surface area (Å²) in [5, 5.41) is 6.30. The molecule has 0 spiro atoms. The zero-order valence-electron chi connectivity index (χ0n) is 17.2. The monoisotopic (exact) mass is 415 g/mol. The number of nitrogens with zero attached hydrogens (tertiary/aromatic N) is 1. The smallest absolute Gasteiger partial charge is 0.410 e. The van der Waals surface area contributed by atoms with E-state index in [-0.39, 0.29) is 5.91 Å². The summed E-state index contributed by atoms with van der Waals surface area (Å²) in [7, 11) is 0. The van der Waals surface area contributed by atoms with Crippen molar-refractivity contribution in [3.05, 3.63) is 90.5 Å². The Bertz CT molecular complexity index is 1020. The van der Waals surface area contributed by atoms with Crippen LogP contribution in [0.5, 0.6) is 0 Å². The van der Waals surface area contributed by atoms with Crippen LogP contribution in [-0.4, -0.2) is 36.1 Å². The normalized spacial score (nSPS) is 14.5. The van der Waals surface area contributed by atoms with E-state index in [9.17, 15) is 9.59 Å². The molecule has 1 heterocycles. The standard InChI is InChI=1S/C25H25N3O3/c29-24(27-22-14-7-13-21(18-22)26-20-11-5-2-6-12-20)23(17-19-9-3-1-4-10-19)28-15-8-16-31-25(28)30/h1-7,9-14,18,23,26H,8,15-17H2,(H,27,29). The van der Waals surface area contributed by atoms with Crippen molar-refractivity contribution in [2.45, 2.75) is 18.9 Å². The van der Waals surface area contributed by atoms with Gasteiger partial charge in [0.1, 0.15) is 6.04 Å². The van der Waals surface area contributed by atoms with E-state index in [1.807, 2.05) is 84.9 Å². The van der Waals surface area contributed by atoms with Gasteiger partial charge in [-0.15, -0.1) is 0 Å². The van der Waals surface area contributed by atoms with E-state index in [0.29, 0.717) is 31.7 Å². The molecule has 158 valence electrons. The second-order valence-electron chi connectivity index (χ2n) is 7.43. The molecule has 3 aromatic rings. The largest absolute Gasteiger partial charge is 0.449 e. The summed E-state index contributed by atoms with van der Waals surface area (Å²) in [6, 6.07) is 26.4. The molecular weight excluding hydrogens is 390 g/mol. The number of anilines is 3. The van der Waals surface area contributed by atoms with Crippen LogP contribution < -0.4 is 10.6 Å². The van der Waals surface area contributed by atoms with Crippen molar-refractivity contribution in [1.82, 2.24) is 4.90 Å². The fraction of sp³-hybridized carbons (Fsp3) is 0.200. The summed E-state index contributed by atoms with van der Waals surface area (Å²) in [6.07, 6.45) is 0.687. The van der Waals surface area contributed by atoms with Crippen LogP contribution in [0.25, 0.3) is 0 Å². The van der Waals surface area contributed by atoms with Crippen LogP contribution >= 0.6 is 0 Å². The molecule has 1 atom stereocenters. The Morgan fingerprint density at radius 2 is 1.58 bits per heavy atom. The van der Waals surface area contributed by atoms with Crippen LogP contribution in [0, 0.1) is 0 Å². The first-order chi connectivity index (χ1) is 15.2. The first-order valence-corrected chi connectivity index (χ1v) is 10.4. The van der Waals surface area contributed by atoms with Crippen LogP contribution in [0.2, 0.25) is 0 Å². The Labute approximate surface area is 181 Å². The molecule has 0 aromatic heterocycles. The molecule has 6 heteroatoms. The number of amides is 2. The number of nitrogens with one attached hydrogen (secondary N) is 2. The van der Waals surface area contributed by atoms with Crippen molar-refractivity contribution in [2.24, 2.45) is 0 Å². The summed E-state index contributed by atoms with van der Waals surface area (Å²) in [4.78, 5) is 27.1. The van der Waals surface area contributed by atoms with Crippen molar-refractivity contribution in [3.63, 3.8) is 0 Å². The molecule has 0 bridgehead atoms. The maximum absolute atomic E-state index is 13.3. The van der Waals surface area contributed by atoms with E-state index >= 15 is 0 Å². The van der Waals surface area contributed by atoms with E-state index < -0.39 is 12.1 Å². The third kappa shape index (κ3) is 5.42. The number of benzene rings is 3. The summed E-state index contributed by atoms with van der Waals surface area (Å²) >= 11 is 0. The number of para-hydroxylation sites is 1. The molecular formula is C25H25N3O3. The number of hydrogen-bond donors (Lipinski definition) is 2. The first kappa shape index (κ1) is 20.5. The highest BCUT2D eigenvalue weighted by atomic mass is 16.6. The van der Waals surface area contributed by atoms with Gasteiger partial charge >= 0.3 is 6.09 Å². The van der Waals surface area contributed by atoms with Crippen molar-refractivity contribution in [2.75, 3.05) is 23.8 Å². The number of rotatable bonds is 7. The highest BCUT2D eigenvalue weighted by molar-refractivity contribution is 5.97. The van der Waals surface area contributed by atoms with Crippen LogP contribution in [-0.2, 0) is 16.0 Å². The SMILES string of the molecule is O=C(Nc1cccc(Nc2ccccc2)c1)C(Cc1ccccc1)N1CCCOC1=O. The lowest BCUT2D eigenvalue weighted by molar-refractivity contribution is -0.121. The topological polar surface area (TPSA) is 70.7 Å². The van der Waals surface area contributed by atoms with Gasteiger partial charge in [0, 0.05) is 30.0 Å². The average Bonchev–Trinajstić information content (AvgIpc) is 2.80. The molecule has 3 aromatic carbocycles.